The third kappa shape index (κ3) is 2.67. The van der Waals surface area contributed by atoms with E-state index in [-0.39, 0.29) is 28.7 Å². The van der Waals surface area contributed by atoms with Crippen molar-refractivity contribution in [2.24, 2.45) is 5.92 Å². The van der Waals surface area contributed by atoms with E-state index in [9.17, 15) is 14.0 Å². The third-order valence-electron chi connectivity index (χ3n) is 2.83. The van der Waals surface area contributed by atoms with E-state index < -0.39 is 17.1 Å². The molecule has 0 spiro atoms. The first-order valence-corrected chi connectivity index (χ1v) is 6.57. The van der Waals surface area contributed by atoms with E-state index in [1.165, 1.54) is 18.2 Å². The van der Waals surface area contributed by atoms with Gasteiger partial charge in [0, 0.05) is 12.1 Å². The van der Waals surface area contributed by atoms with E-state index in [2.05, 4.69) is 4.98 Å². The van der Waals surface area contributed by atoms with Crippen molar-refractivity contribution in [3.63, 3.8) is 0 Å². The first-order chi connectivity index (χ1) is 9.41. The molecule has 0 saturated heterocycles. The van der Waals surface area contributed by atoms with Crippen LogP contribution in [0.1, 0.15) is 13.8 Å². The molecule has 1 aromatic carbocycles. The van der Waals surface area contributed by atoms with E-state index in [0.29, 0.717) is 0 Å². The zero-order valence-corrected chi connectivity index (χ0v) is 11.9. The number of nitrogens with one attached hydrogen (secondary N) is 1. The maximum atomic E-state index is 13.8. The topological polar surface area (TPSA) is 54.9 Å². The van der Waals surface area contributed by atoms with Crippen LogP contribution in [0.2, 0.25) is 5.15 Å². The van der Waals surface area contributed by atoms with Gasteiger partial charge < -0.3 is 0 Å². The Labute approximate surface area is 119 Å². The molecule has 0 aliphatic carbocycles. The molecule has 0 unspecified atom stereocenters. The Kier molecular flexibility index (Phi) is 4.09. The minimum absolute atomic E-state index is 0.0231. The molecule has 6 heteroatoms. The summed E-state index contributed by atoms with van der Waals surface area (Å²) < 4.78 is 14.9. The Balaban J connectivity index is 2.75. The Morgan fingerprint density at radius 2 is 1.95 bits per heavy atom. The number of halogens is 2. The molecule has 0 fully saturated rings. The van der Waals surface area contributed by atoms with Gasteiger partial charge in [-0.25, -0.2) is 9.18 Å². The predicted octanol–water partition coefficient (Wildman–Crippen LogP) is 2.65. The molecule has 4 nitrogen and oxygen atoms in total. The molecule has 0 aliphatic heterocycles. The van der Waals surface area contributed by atoms with Crippen LogP contribution in [0.25, 0.3) is 11.1 Å². The summed E-state index contributed by atoms with van der Waals surface area (Å²) in [6, 6.07) is 5.82. The van der Waals surface area contributed by atoms with Crippen molar-refractivity contribution < 1.29 is 4.39 Å². The zero-order valence-electron chi connectivity index (χ0n) is 11.1. The van der Waals surface area contributed by atoms with Gasteiger partial charge in [0.1, 0.15) is 11.0 Å². The number of H-pyrrole nitrogens is 1. The van der Waals surface area contributed by atoms with E-state index in [4.69, 9.17) is 11.6 Å². The van der Waals surface area contributed by atoms with Crippen molar-refractivity contribution >= 4 is 11.6 Å². The lowest BCUT2D eigenvalue weighted by molar-refractivity contribution is 0.493. The normalized spacial score (nSPS) is 11.1. The number of nitrogens with zero attached hydrogens (tertiary/aromatic N) is 1. The van der Waals surface area contributed by atoms with Crippen molar-refractivity contribution in [3.05, 3.63) is 56.1 Å². The highest BCUT2D eigenvalue weighted by Crippen LogP contribution is 2.24. The SMILES string of the molecule is CC(C)Cn1c(=O)[nH]c(Cl)c(-c2ccccc2F)c1=O. The molecule has 0 radical (unpaired) electrons. The number of hydrogen-bond donors (Lipinski definition) is 1. The van der Waals surface area contributed by atoms with Gasteiger partial charge in [0.25, 0.3) is 5.56 Å². The Hall–Kier alpha value is -1.88. The second-order valence-corrected chi connectivity index (χ2v) is 5.29. The van der Waals surface area contributed by atoms with Crippen LogP contribution in [0.15, 0.2) is 33.9 Å². The molecule has 106 valence electrons. The van der Waals surface area contributed by atoms with Gasteiger partial charge in [0.05, 0.1) is 5.56 Å². The Bertz CT molecular complexity index is 750. The fourth-order valence-electron chi connectivity index (χ4n) is 1.97. The second kappa shape index (κ2) is 5.63. The average molecular weight is 297 g/mol. The first-order valence-electron chi connectivity index (χ1n) is 6.19. The molecule has 2 rings (SSSR count). The maximum absolute atomic E-state index is 13.8. The molecular formula is C14H14ClFN2O2. The van der Waals surface area contributed by atoms with Gasteiger partial charge in [-0.3, -0.25) is 14.3 Å². The summed E-state index contributed by atoms with van der Waals surface area (Å²) in [4.78, 5) is 26.6. The number of aromatic nitrogens is 2. The lowest BCUT2D eigenvalue weighted by Gasteiger charge is -2.11. The molecule has 20 heavy (non-hydrogen) atoms. The highest BCUT2D eigenvalue weighted by atomic mass is 35.5. The summed E-state index contributed by atoms with van der Waals surface area (Å²) in [6.07, 6.45) is 0. The predicted molar refractivity (Wildman–Crippen MR) is 76.6 cm³/mol. The van der Waals surface area contributed by atoms with Gasteiger partial charge >= 0.3 is 5.69 Å². The van der Waals surface area contributed by atoms with Crippen LogP contribution < -0.4 is 11.2 Å². The summed E-state index contributed by atoms with van der Waals surface area (Å²) in [5, 5.41) is -0.148. The summed E-state index contributed by atoms with van der Waals surface area (Å²) in [5.41, 5.74) is -1.12. The summed E-state index contributed by atoms with van der Waals surface area (Å²) in [6.45, 7) is 4.00. The van der Waals surface area contributed by atoms with Crippen LogP contribution in [-0.2, 0) is 6.54 Å². The number of hydrogen-bond acceptors (Lipinski definition) is 2. The maximum Gasteiger partial charge on any atom is 0.329 e. The van der Waals surface area contributed by atoms with Crippen molar-refractivity contribution in [3.8, 4) is 11.1 Å². The van der Waals surface area contributed by atoms with Crippen molar-refractivity contribution in [2.45, 2.75) is 20.4 Å². The van der Waals surface area contributed by atoms with Gasteiger partial charge in [-0.05, 0) is 12.0 Å². The number of aromatic amines is 1. The van der Waals surface area contributed by atoms with E-state index in [1.54, 1.807) is 6.07 Å². The van der Waals surface area contributed by atoms with Crippen molar-refractivity contribution in [1.29, 1.82) is 0 Å². The van der Waals surface area contributed by atoms with Crippen LogP contribution in [-0.4, -0.2) is 9.55 Å². The summed E-state index contributed by atoms with van der Waals surface area (Å²) >= 11 is 5.91. The monoisotopic (exact) mass is 296 g/mol. The molecule has 0 bridgehead atoms. The lowest BCUT2D eigenvalue weighted by Crippen LogP contribution is -2.37. The van der Waals surface area contributed by atoms with Crippen LogP contribution in [0.3, 0.4) is 0 Å². The smallest absolute Gasteiger partial charge is 0.297 e. The van der Waals surface area contributed by atoms with E-state index >= 15 is 0 Å². The fraction of sp³-hybridized carbons (Fsp3) is 0.286. The summed E-state index contributed by atoms with van der Waals surface area (Å²) in [5.74, 6) is -0.460. The second-order valence-electron chi connectivity index (χ2n) is 4.91. The van der Waals surface area contributed by atoms with Crippen molar-refractivity contribution in [2.75, 3.05) is 0 Å². The molecule has 1 aromatic heterocycles. The zero-order chi connectivity index (χ0) is 14.9. The van der Waals surface area contributed by atoms with Gasteiger partial charge in [0.2, 0.25) is 0 Å². The molecular weight excluding hydrogens is 283 g/mol. The van der Waals surface area contributed by atoms with Crippen LogP contribution in [0.5, 0.6) is 0 Å². The average Bonchev–Trinajstić information content (AvgIpc) is 2.36. The Morgan fingerprint density at radius 3 is 2.55 bits per heavy atom. The largest absolute Gasteiger partial charge is 0.329 e. The fourth-order valence-corrected chi connectivity index (χ4v) is 2.24. The Morgan fingerprint density at radius 1 is 1.30 bits per heavy atom. The molecule has 0 amide bonds. The standard InChI is InChI=1S/C14H14ClFN2O2/c1-8(2)7-18-13(19)11(12(15)17-14(18)20)9-5-3-4-6-10(9)16/h3-6,8H,7H2,1-2H3,(H,17,20). The van der Waals surface area contributed by atoms with Gasteiger partial charge in [-0.15, -0.1) is 0 Å². The molecule has 0 atom stereocenters. The highest BCUT2D eigenvalue weighted by molar-refractivity contribution is 6.32. The highest BCUT2D eigenvalue weighted by Gasteiger charge is 2.17. The molecule has 1 heterocycles. The molecule has 2 aromatic rings. The van der Waals surface area contributed by atoms with Crippen LogP contribution in [0.4, 0.5) is 4.39 Å². The molecule has 0 aliphatic rings. The van der Waals surface area contributed by atoms with E-state index in [0.717, 1.165) is 4.57 Å². The molecule has 0 saturated carbocycles. The van der Waals surface area contributed by atoms with Gasteiger partial charge in [-0.2, -0.15) is 0 Å². The summed E-state index contributed by atoms with van der Waals surface area (Å²) in [7, 11) is 0. The third-order valence-corrected chi connectivity index (χ3v) is 3.11. The van der Waals surface area contributed by atoms with Crippen LogP contribution in [0, 0.1) is 11.7 Å². The van der Waals surface area contributed by atoms with Crippen molar-refractivity contribution in [1.82, 2.24) is 9.55 Å². The lowest BCUT2D eigenvalue weighted by atomic mass is 10.1. The van der Waals surface area contributed by atoms with Gasteiger partial charge in [0.15, 0.2) is 0 Å². The minimum Gasteiger partial charge on any atom is -0.297 e. The van der Waals surface area contributed by atoms with Gasteiger partial charge in [-0.1, -0.05) is 43.6 Å². The first kappa shape index (κ1) is 14.5. The molecule has 1 N–H and O–H groups in total. The quantitative estimate of drug-likeness (QED) is 0.885. The van der Waals surface area contributed by atoms with Crippen LogP contribution >= 0.6 is 11.6 Å². The minimum atomic E-state index is -0.589. The number of benzene rings is 1. The number of rotatable bonds is 3. The van der Waals surface area contributed by atoms with E-state index in [1.807, 2.05) is 13.8 Å².